The number of hydrogen-bond donors (Lipinski definition) is 1. The highest BCUT2D eigenvalue weighted by Gasteiger charge is 2.28. The molecule has 2 nitrogen and oxygen atoms in total. The highest BCUT2D eigenvalue weighted by atomic mass is 16.5. The Morgan fingerprint density at radius 2 is 2.40 bits per heavy atom. The fraction of sp³-hybridized carbons (Fsp3) is 0.385. The molecule has 1 aromatic rings. The van der Waals surface area contributed by atoms with Crippen molar-refractivity contribution in [2.24, 2.45) is 0 Å². The zero-order chi connectivity index (χ0) is 10.7. The zero-order valence-electron chi connectivity index (χ0n) is 9.07. The number of fused-ring (bicyclic) bond motifs is 1. The number of rotatable bonds is 4. The Morgan fingerprint density at radius 3 is 3.13 bits per heavy atom. The first-order valence-corrected chi connectivity index (χ1v) is 5.44. The van der Waals surface area contributed by atoms with Crippen LogP contribution in [0.15, 0.2) is 36.9 Å². The van der Waals surface area contributed by atoms with Gasteiger partial charge in [0, 0.05) is 17.5 Å². The first kappa shape index (κ1) is 10.2. The molecule has 0 fully saturated rings. The molecule has 2 unspecified atom stereocenters. The molecule has 0 radical (unpaired) electrons. The molecule has 1 aliphatic heterocycles. The molecule has 0 aliphatic carbocycles. The number of ether oxygens (including phenoxy) is 1. The molecule has 1 aromatic carbocycles. The highest BCUT2D eigenvalue weighted by molar-refractivity contribution is 5.41. The molecular formula is C13H17NO. The van der Waals surface area contributed by atoms with Crippen molar-refractivity contribution in [1.82, 2.24) is 5.32 Å². The Bertz CT molecular complexity index is 348. The maximum absolute atomic E-state index is 5.65. The molecule has 0 bridgehead atoms. The molecule has 80 valence electrons. The van der Waals surface area contributed by atoms with Gasteiger partial charge in [-0.3, -0.25) is 0 Å². The summed E-state index contributed by atoms with van der Waals surface area (Å²) < 4.78 is 5.65. The summed E-state index contributed by atoms with van der Waals surface area (Å²) in [6.45, 7) is 7.70. The summed E-state index contributed by atoms with van der Waals surface area (Å²) in [5.41, 5.74) is 1.29. The zero-order valence-corrected chi connectivity index (χ0v) is 9.07. The quantitative estimate of drug-likeness (QED) is 0.758. The molecule has 2 rings (SSSR count). The predicted octanol–water partition coefficient (Wildman–Crippen LogP) is 2.33. The molecule has 0 amide bonds. The van der Waals surface area contributed by atoms with E-state index in [0.29, 0.717) is 12.0 Å². The van der Waals surface area contributed by atoms with Crippen LogP contribution in [-0.4, -0.2) is 19.2 Å². The van der Waals surface area contributed by atoms with Crippen LogP contribution in [0.25, 0.3) is 0 Å². The van der Waals surface area contributed by atoms with E-state index in [0.717, 1.165) is 18.9 Å². The van der Waals surface area contributed by atoms with Crippen LogP contribution in [0.2, 0.25) is 0 Å². The van der Waals surface area contributed by atoms with E-state index in [4.69, 9.17) is 4.74 Å². The van der Waals surface area contributed by atoms with Crippen LogP contribution < -0.4 is 10.1 Å². The summed E-state index contributed by atoms with van der Waals surface area (Å²) in [4.78, 5) is 0. The Balaban J connectivity index is 2.22. The Morgan fingerprint density at radius 1 is 1.60 bits per heavy atom. The Hall–Kier alpha value is -1.28. The molecule has 2 atom stereocenters. The minimum Gasteiger partial charge on any atom is -0.493 e. The lowest BCUT2D eigenvalue weighted by molar-refractivity contribution is 0.313. The van der Waals surface area contributed by atoms with Crippen LogP contribution >= 0.6 is 0 Å². The van der Waals surface area contributed by atoms with Crippen molar-refractivity contribution in [3.05, 3.63) is 42.5 Å². The lowest BCUT2D eigenvalue weighted by Crippen LogP contribution is -2.33. The summed E-state index contributed by atoms with van der Waals surface area (Å²) in [6.07, 6.45) is 1.97. The van der Waals surface area contributed by atoms with Crippen LogP contribution in [0, 0.1) is 0 Å². The Labute approximate surface area is 91.0 Å². The van der Waals surface area contributed by atoms with Crippen molar-refractivity contribution in [2.45, 2.75) is 18.9 Å². The van der Waals surface area contributed by atoms with Gasteiger partial charge < -0.3 is 10.1 Å². The van der Waals surface area contributed by atoms with E-state index in [9.17, 15) is 0 Å². The monoisotopic (exact) mass is 203 g/mol. The van der Waals surface area contributed by atoms with E-state index in [-0.39, 0.29) is 0 Å². The molecule has 1 N–H and O–H groups in total. The third kappa shape index (κ3) is 1.90. The molecule has 0 saturated carbocycles. The van der Waals surface area contributed by atoms with Crippen molar-refractivity contribution in [3.63, 3.8) is 0 Å². The second-order valence-electron chi connectivity index (χ2n) is 3.77. The van der Waals surface area contributed by atoms with Crippen LogP contribution in [0.1, 0.15) is 18.4 Å². The first-order valence-electron chi connectivity index (χ1n) is 5.44. The molecule has 1 heterocycles. The summed E-state index contributed by atoms with van der Waals surface area (Å²) in [5, 5.41) is 3.42. The van der Waals surface area contributed by atoms with E-state index in [1.807, 2.05) is 18.2 Å². The second kappa shape index (κ2) is 4.49. The smallest absolute Gasteiger partial charge is 0.122 e. The van der Waals surface area contributed by atoms with Gasteiger partial charge in [-0.1, -0.05) is 31.2 Å². The van der Waals surface area contributed by atoms with E-state index in [1.54, 1.807) is 0 Å². The van der Waals surface area contributed by atoms with Gasteiger partial charge in [0.25, 0.3) is 0 Å². The normalized spacial score (nSPS) is 20.5. The molecule has 0 spiro atoms. The largest absolute Gasteiger partial charge is 0.493 e. The van der Waals surface area contributed by atoms with E-state index in [2.05, 4.69) is 31.0 Å². The predicted molar refractivity (Wildman–Crippen MR) is 62.3 cm³/mol. The van der Waals surface area contributed by atoms with Gasteiger partial charge in [0.15, 0.2) is 0 Å². The van der Waals surface area contributed by atoms with Crippen LogP contribution in [-0.2, 0) is 0 Å². The summed E-state index contributed by atoms with van der Waals surface area (Å²) >= 11 is 0. The van der Waals surface area contributed by atoms with Crippen LogP contribution in [0.3, 0.4) is 0 Å². The van der Waals surface area contributed by atoms with Gasteiger partial charge in [-0.05, 0) is 12.6 Å². The average Bonchev–Trinajstić information content (AvgIpc) is 2.70. The molecule has 15 heavy (non-hydrogen) atoms. The number of para-hydroxylation sites is 1. The van der Waals surface area contributed by atoms with Crippen LogP contribution in [0.4, 0.5) is 0 Å². The van der Waals surface area contributed by atoms with Gasteiger partial charge in [-0.2, -0.15) is 0 Å². The third-order valence-electron chi connectivity index (χ3n) is 2.86. The second-order valence-corrected chi connectivity index (χ2v) is 3.77. The Kier molecular flexibility index (Phi) is 3.07. The van der Waals surface area contributed by atoms with Crippen molar-refractivity contribution in [1.29, 1.82) is 0 Å². The SMILES string of the molecule is C=CC(NCC)C1COc2ccccc21. The number of nitrogens with one attached hydrogen (secondary N) is 1. The molecular weight excluding hydrogens is 186 g/mol. The highest BCUT2D eigenvalue weighted by Crippen LogP contribution is 2.35. The maximum atomic E-state index is 5.65. The van der Waals surface area contributed by atoms with Gasteiger partial charge in [0.1, 0.15) is 5.75 Å². The van der Waals surface area contributed by atoms with Gasteiger partial charge in [-0.15, -0.1) is 6.58 Å². The molecule has 2 heteroatoms. The number of likely N-dealkylation sites (N-methyl/N-ethyl adjacent to an activating group) is 1. The third-order valence-corrected chi connectivity index (χ3v) is 2.86. The molecule has 1 aliphatic rings. The number of benzene rings is 1. The lowest BCUT2D eigenvalue weighted by atomic mass is 9.93. The van der Waals surface area contributed by atoms with Crippen molar-refractivity contribution in [2.75, 3.05) is 13.2 Å². The fourth-order valence-electron chi connectivity index (χ4n) is 2.11. The first-order chi connectivity index (χ1) is 7.36. The van der Waals surface area contributed by atoms with Gasteiger partial charge in [-0.25, -0.2) is 0 Å². The van der Waals surface area contributed by atoms with Gasteiger partial charge in [0.05, 0.1) is 6.61 Å². The number of hydrogen-bond acceptors (Lipinski definition) is 2. The topological polar surface area (TPSA) is 21.3 Å². The average molecular weight is 203 g/mol. The van der Waals surface area contributed by atoms with Crippen LogP contribution in [0.5, 0.6) is 5.75 Å². The van der Waals surface area contributed by atoms with E-state index >= 15 is 0 Å². The van der Waals surface area contributed by atoms with Crippen molar-refractivity contribution >= 4 is 0 Å². The summed E-state index contributed by atoms with van der Waals surface area (Å²) in [6, 6.07) is 8.55. The summed E-state index contributed by atoms with van der Waals surface area (Å²) in [5.74, 6) is 1.42. The fourth-order valence-corrected chi connectivity index (χ4v) is 2.11. The van der Waals surface area contributed by atoms with E-state index < -0.39 is 0 Å². The van der Waals surface area contributed by atoms with Gasteiger partial charge in [0.2, 0.25) is 0 Å². The summed E-state index contributed by atoms with van der Waals surface area (Å²) in [7, 11) is 0. The maximum Gasteiger partial charge on any atom is 0.122 e. The van der Waals surface area contributed by atoms with Crippen molar-refractivity contribution < 1.29 is 4.74 Å². The van der Waals surface area contributed by atoms with Crippen molar-refractivity contribution in [3.8, 4) is 5.75 Å². The standard InChI is InChI=1S/C13H17NO/c1-3-12(14-4-2)11-9-15-13-8-6-5-7-10(11)13/h3,5-8,11-12,14H,1,4,9H2,2H3. The lowest BCUT2D eigenvalue weighted by Gasteiger charge is -2.19. The minimum absolute atomic E-state index is 0.304. The molecule has 0 saturated heterocycles. The van der Waals surface area contributed by atoms with E-state index in [1.165, 1.54) is 5.56 Å². The minimum atomic E-state index is 0.304. The van der Waals surface area contributed by atoms with Gasteiger partial charge >= 0.3 is 0 Å². The molecule has 0 aromatic heterocycles.